The van der Waals surface area contributed by atoms with Gasteiger partial charge in [-0.05, 0) is 11.1 Å². The number of esters is 4. The second-order valence-corrected chi connectivity index (χ2v) is 20.5. The number of aromatic amines is 2. The summed E-state index contributed by atoms with van der Waals surface area (Å²) in [6.07, 6.45) is -6.80. The third-order valence-corrected chi connectivity index (χ3v) is 13.0. The smallest absolute Gasteiger partial charge is 0.408 e. The van der Waals surface area contributed by atoms with E-state index < -0.39 is 122 Å². The highest BCUT2D eigenvalue weighted by Crippen LogP contribution is 2.34. The van der Waals surface area contributed by atoms with Crippen molar-refractivity contribution in [2.24, 2.45) is 11.8 Å². The van der Waals surface area contributed by atoms with E-state index in [4.69, 9.17) is 48.1 Å². The molecule has 0 bridgehead atoms. The van der Waals surface area contributed by atoms with Crippen LogP contribution in [0.2, 0.25) is 0 Å². The standard InChI is InChI=1S/C35H38N6O11.C21H26N6O11/c1-21(2)32(45)39-34-38-31-30(33(46)40-34)37-20-41(31)26-15-24(52-35(47)36-16-29(44)49-18-23-11-7-4-8-12-23)25(51-26)19-50-28(43)14-13-27(42)48-17-22-9-5-3-6-10-22;1-9(2)18(33)25-20-24-17-16(19(34)26-20)23-8-27(17)12-5-10(38-21(35)22-6-14(30)31)11(37-12)7-36-15(32)4-3-13(28)29/h3-12,20-21,24-26H,13-19H2,1-2H3,(H,36,47)(H2,38,39,40,45,46);8-12H,3-7H2,1-2H3,(H,22,35)(H,28,29)(H,30,31)(H2,24,25,26,33,34)/t24-,25-,26-;10-,11-,12-/m11/s1. The summed E-state index contributed by atoms with van der Waals surface area (Å²) in [6, 6.07) is 18.1. The SMILES string of the molecule is CC(C)C(=O)Nc1nc2c(ncn2[C@H]2C[C@@H](OC(=O)NCC(=O)O)[C@@H](COC(=O)CCC(=O)O)O2)c(=O)[nH]1.CC(C)C(=O)Nc1nc2c(ncn2[C@H]2C[C@@H](OC(=O)NCC(=O)OCc3ccccc3)[C@@H](COC(=O)CCC(=O)OCc3ccccc3)O2)c(=O)[nH]1. The Morgan fingerprint density at radius 2 is 0.956 bits per heavy atom. The number of carbonyl (C=O) groups excluding carboxylic acids is 8. The number of fused-ring (bicyclic) bond motifs is 2. The molecule has 34 nitrogen and oxygen atoms in total. The van der Waals surface area contributed by atoms with Crippen molar-refractivity contribution in [1.82, 2.24) is 49.7 Å². The lowest BCUT2D eigenvalue weighted by Gasteiger charge is -2.19. The molecule has 4 amide bonds. The molecule has 4 aromatic heterocycles. The van der Waals surface area contributed by atoms with Gasteiger partial charge in [0, 0.05) is 24.7 Å². The van der Waals surface area contributed by atoms with Crippen LogP contribution in [-0.4, -0.2) is 160 Å². The lowest BCUT2D eigenvalue weighted by molar-refractivity contribution is -0.154. The predicted octanol–water partition coefficient (Wildman–Crippen LogP) is 2.50. The number of carbonyl (C=O) groups is 10. The number of anilines is 2. The van der Waals surface area contributed by atoms with E-state index in [1.807, 2.05) is 29.6 Å². The van der Waals surface area contributed by atoms with Crippen LogP contribution in [0.3, 0.4) is 0 Å². The number of hydrogen-bond acceptors (Lipinski definition) is 24. The second-order valence-electron chi connectivity index (χ2n) is 20.5. The summed E-state index contributed by atoms with van der Waals surface area (Å²) in [7, 11) is 0. The number of benzene rings is 2. The molecule has 0 radical (unpaired) electrons. The lowest BCUT2D eigenvalue weighted by Crippen LogP contribution is -2.38. The number of H-pyrrole nitrogens is 2. The normalized spacial score (nSPS) is 17.5. The summed E-state index contributed by atoms with van der Waals surface area (Å²) in [6.45, 7) is 4.78. The summed E-state index contributed by atoms with van der Waals surface area (Å²) in [5.41, 5.74) is 0.352. The fraction of sp³-hybridized carbons (Fsp3) is 0.429. The molecule has 8 rings (SSSR count). The zero-order valence-corrected chi connectivity index (χ0v) is 48.8. The first-order valence-corrected chi connectivity index (χ1v) is 27.9. The molecular weight excluding hydrogens is 1190 g/mol. The average molecular weight is 1260 g/mol. The van der Waals surface area contributed by atoms with Crippen LogP contribution in [0, 0.1) is 11.8 Å². The van der Waals surface area contributed by atoms with Crippen molar-refractivity contribution in [3.63, 3.8) is 0 Å². The molecular formula is C56H64N12O22. The Labute approximate surface area is 508 Å². The molecule has 2 aromatic carbocycles. The number of rotatable bonds is 26. The Balaban J connectivity index is 0.000000269. The van der Waals surface area contributed by atoms with Gasteiger partial charge in [-0.2, -0.15) is 9.97 Å². The summed E-state index contributed by atoms with van der Waals surface area (Å²) in [5.74, 6) is -7.07. The number of nitrogens with zero attached hydrogens (tertiary/aromatic N) is 6. The van der Waals surface area contributed by atoms with E-state index in [0.717, 1.165) is 11.1 Å². The zero-order chi connectivity index (χ0) is 65.0. The molecule has 0 saturated carbocycles. The van der Waals surface area contributed by atoms with Crippen LogP contribution in [0.5, 0.6) is 0 Å². The summed E-state index contributed by atoms with van der Waals surface area (Å²) in [5, 5.41) is 26.9. The Bertz CT molecular complexity index is 3680. The van der Waals surface area contributed by atoms with Crippen molar-refractivity contribution in [1.29, 1.82) is 0 Å². The van der Waals surface area contributed by atoms with Gasteiger partial charge in [-0.3, -0.25) is 77.7 Å². The van der Waals surface area contributed by atoms with Gasteiger partial charge in [-0.1, -0.05) is 88.4 Å². The van der Waals surface area contributed by atoms with Gasteiger partial charge >= 0.3 is 48.0 Å². The molecule has 0 aliphatic carbocycles. The molecule has 34 heteroatoms. The molecule has 2 fully saturated rings. The Kier molecular flexibility index (Phi) is 23.7. The van der Waals surface area contributed by atoms with Crippen molar-refractivity contribution in [2.75, 3.05) is 36.9 Å². The Morgan fingerprint density at radius 1 is 0.556 bits per heavy atom. The van der Waals surface area contributed by atoms with Crippen molar-refractivity contribution < 1.29 is 96.1 Å². The molecule has 0 unspecified atom stereocenters. The highest BCUT2D eigenvalue weighted by molar-refractivity contribution is 5.92. The van der Waals surface area contributed by atoms with Crippen LogP contribution in [0.1, 0.15) is 89.8 Å². The molecule has 0 spiro atoms. The number of imidazole rings is 2. The molecule has 6 atom stereocenters. The van der Waals surface area contributed by atoms with Gasteiger partial charge < -0.3 is 58.7 Å². The number of aromatic nitrogens is 8. The fourth-order valence-electron chi connectivity index (χ4n) is 8.36. The third kappa shape index (κ3) is 19.7. The molecule has 2 saturated heterocycles. The highest BCUT2D eigenvalue weighted by Gasteiger charge is 2.42. The number of aliphatic carboxylic acids is 2. The van der Waals surface area contributed by atoms with Crippen molar-refractivity contribution in [3.8, 4) is 0 Å². The molecule has 2 aliphatic heterocycles. The molecule has 2 aliphatic rings. The summed E-state index contributed by atoms with van der Waals surface area (Å²) in [4.78, 5) is 166. The van der Waals surface area contributed by atoms with Gasteiger partial charge in [-0.25, -0.2) is 19.6 Å². The first kappa shape index (κ1) is 66.9. The van der Waals surface area contributed by atoms with Gasteiger partial charge in [0.15, 0.2) is 22.3 Å². The van der Waals surface area contributed by atoms with E-state index in [2.05, 4.69) is 45.9 Å². The number of carboxylic acids is 2. The number of hydrogen-bond donors (Lipinski definition) is 8. The minimum absolute atomic E-state index is 0.00642. The monoisotopic (exact) mass is 1260 g/mol. The Hall–Kier alpha value is -10.6. The van der Waals surface area contributed by atoms with Crippen molar-refractivity contribution >= 4 is 94.0 Å². The van der Waals surface area contributed by atoms with Crippen LogP contribution in [0.15, 0.2) is 82.9 Å². The van der Waals surface area contributed by atoms with E-state index in [9.17, 15) is 57.5 Å². The fourth-order valence-corrected chi connectivity index (χ4v) is 8.36. The number of carboxylic acid groups (broad SMARTS) is 2. The lowest BCUT2D eigenvalue weighted by atomic mass is 10.2. The van der Waals surface area contributed by atoms with E-state index in [0.29, 0.717) is 0 Å². The molecule has 6 aromatic rings. The van der Waals surface area contributed by atoms with E-state index in [-0.39, 0.29) is 110 Å². The van der Waals surface area contributed by atoms with E-state index >= 15 is 0 Å². The van der Waals surface area contributed by atoms with Crippen LogP contribution in [0.4, 0.5) is 21.5 Å². The van der Waals surface area contributed by atoms with Crippen LogP contribution in [0.25, 0.3) is 22.3 Å². The maximum absolute atomic E-state index is 12.8. The number of alkyl carbamates (subject to hydrolysis) is 2. The van der Waals surface area contributed by atoms with E-state index in [1.165, 1.54) is 21.8 Å². The zero-order valence-electron chi connectivity index (χ0n) is 48.8. The number of ether oxygens (including phenoxy) is 8. The quantitative estimate of drug-likeness (QED) is 0.0286. The largest absolute Gasteiger partial charge is 0.481 e. The minimum atomic E-state index is -1.30. The number of nitrogens with one attached hydrogen (secondary N) is 6. The maximum Gasteiger partial charge on any atom is 0.408 e. The summed E-state index contributed by atoms with van der Waals surface area (Å²) < 4.78 is 46.5. The van der Waals surface area contributed by atoms with Gasteiger partial charge in [0.2, 0.25) is 23.7 Å². The highest BCUT2D eigenvalue weighted by atomic mass is 16.6. The third-order valence-electron chi connectivity index (χ3n) is 13.0. The van der Waals surface area contributed by atoms with E-state index in [1.54, 1.807) is 64.1 Å². The first-order valence-electron chi connectivity index (χ1n) is 27.9. The van der Waals surface area contributed by atoms with Crippen LogP contribution < -0.4 is 32.4 Å². The van der Waals surface area contributed by atoms with Gasteiger partial charge in [-0.15, -0.1) is 0 Å². The van der Waals surface area contributed by atoms with Gasteiger partial charge in [0.25, 0.3) is 11.1 Å². The Morgan fingerprint density at radius 3 is 1.37 bits per heavy atom. The topological polar surface area (TPSA) is 460 Å². The van der Waals surface area contributed by atoms with Crippen molar-refractivity contribution in [3.05, 3.63) is 105 Å². The minimum Gasteiger partial charge on any atom is -0.481 e. The average Bonchev–Trinajstić information content (AvgIpc) is 1.70. The van der Waals surface area contributed by atoms with Crippen molar-refractivity contribution in [2.45, 2.75) is 116 Å². The maximum atomic E-state index is 12.8. The molecule has 8 N–H and O–H groups in total. The predicted molar refractivity (Wildman–Crippen MR) is 305 cm³/mol. The summed E-state index contributed by atoms with van der Waals surface area (Å²) >= 11 is 0. The van der Waals surface area contributed by atoms with Crippen LogP contribution in [-0.2, 0) is 89.5 Å². The molecule has 90 heavy (non-hydrogen) atoms. The second kappa shape index (κ2) is 31.8. The molecule has 480 valence electrons. The van der Waals surface area contributed by atoms with Crippen LogP contribution >= 0.6 is 0 Å². The van der Waals surface area contributed by atoms with Gasteiger partial charge in [0.1, 0.15) is 76.4 Å². The van der Waals surface area contributed by atoms with Gasteiger partial charge in [0.05, 0.1) is 38.3 Å². The first-order chi connectivity index (χ1) is 43.0. The molecule has 6 heterocycles. The number of amides is 4.